The Labute approximate surface area is 135 Å². The van der Waals surface area contributed by atoms with E-state index in [1.54, 1.807) is 19.1 Å². The molecule has 0 aliphatic heterocycles. The van der Waals surface area contributed by atoms with E-state index in [-0.39, 0.29) is 17.5 Å². The summed E-state index contributed by atoms with van der Waals surface area (Å²) in [5, 5.41) is 13.4. The zero-order valence-electron chi connectivity index (χ0n) is 11.2. The molecule has 2 rings (SSSR count). The van der Waals surface area contributed by atoms with Crippen molar-refractivity contribution in [1.82, 2.24) is 0 Å². The molecule has 2 aromatic carbocycles. The third-order valence-electron chi connectivity index (χ3n) is 3.11. The first kappa shape index (κ1) is 15.4. The number of nitrogens with zero attached hydrogens (tertiary/aromatic N) is 1. The molecular formula is C15H13IN2O3. The molecule has 6 heteroatoms. The number of nitro groups is 1. The van der Waals surface area contributed by atoms with Crippen molar-refractivity contribution in [2.75, 3.05) is 5.32 Å². The van der Waals surface area contributed by atoms with Crippen LogP contribution in [0.25, 0.3) is 0 Å². The van der Waals surface area contributed by atoms with E-state index in [9.17, 15) is 14.9 Å². The molecule has 0 radical (unpaired) electrons. The van der Waals surface area contributed by atoms with Crippen molar-refractivity contribution in [3.63, 3.8) is 0 Å². The maximum Gasteiger partial charge on any atom is 0.269 e. The Kier molecular flexibility index (Phi) is 4.89. The van der Waals surface area contributed by atoms with Gasteiger partial charge in [0.15, 0.2) is 0 Å². The fourth-order valence-corrected chi connectivity index (χ4v) is 2.18. The first-order chi connectivity index (χ1) is 9.97. The molecule has 0 saturated heterocycles. The lowest BCUT2D eigenvalue weighted by molar-refractivity contribution is -0.384. The second-order valence-corrected chi connectivity index (χ2v) is 5.81. The number of hydrogen-bond acceptors (Lipinski definition) is 3. The van der Waals surface area contributed by atoms with Gasteiger partial charge in [0.25, 0.3) is 5.69 Å². The number of carbonyl (C=O) groups is 1. The average Bonchev–Trinajstić information content (AvgIpc) is 2.49. The SMILES string of the molecule is CC(C(=O)Nc1ccc(I)cc1)c1ccc([N+](=O)[O-])cc1. The summed E-state index contributed by atoms with van der Waals surface area (Å²) in [5.41, 5.74) is 1.49. The molecule has 0 saturated carbocycles. The van der Waals surface area contributed by atoms with Crippen molar-refractivity contribution in [3.05, 3.63) is 67.8 Å². The lowest BCUT2D eigenvalue weighted by Gasteiger charge is -2.12. The van der Waals surface area contributed by atoms with E-state index in [1.165, 1.54) is 12.1 Å². The van der Waals surface area contributed by atoms with E-state index in [0.29, 0.717) is 0 Å². The number of rotatable bonds is 4. The molecule has 1 amide bonds. The Bertz CT molecular complexity index is 654. The maximum absolute atomic E-state index is 12.2. The van der Waals surface area contributed by atoms with Crippen LogP contribution >= 0.6 is 22.6 Å². The van der Waals surface area contributed by atoms with Crippen molar-refractivity contribution in [2.45, 2.75) is 12.8 Å². The molecule has 2 aromatic rings. The second kappa shape index (κ2) is 6.66. The van der Waals surface area contributed by atoms with Gasteiger partial charge in [-0.2, -0.15) is 0 Å². The molecule has 0 fully saturated rings. The van der Waals surface area contributed by atoms with Crippen molar-refractivity contribution >= 4 is 39.9 Å². The molecule has 5 nitrogen and oxygen atoms in total. The molecular weight excluding hydrogens is 383 g/mol. The third-order valence-corrected chi connectivity index (χ3v) is 3.83. The lowest BCUT2D eigenvalue weighted by Crippen LogP contribution is -2.18. The van der Waals surface area contributed by atoms with Gasteiger partial charge in [0, 0.05) is 21.4 Å². The molecule has 0 spiro atoms. The van der Waals surface area contributed by atoms with E-state index in [0.717, 1.165) is 14.8 Å². The summed E-state index contributed by atoms with van der Waals surface area (Å²) in [6, 6.07) is 13.5. The van der Waals surface area contributed by atoms with Crippen LogP contribution in [0.1, 0.15) is 18.4 Å². The van der Waals surface area contributed by atoms with Crippen molar-refractivity contribution in [2.24, 2.45) is 0 Å². The predicted octanol–water partition coefficient (Wildman–Crippen LogP) is 3.94. The van der Waals surface area contributed by atoms with Crippen LogP contribution in [0.2, 0.25) is 0 Å². The molecule has 108 valence electrons. The minimum absolute atomic E-state index is 0.0176. The number of anilines is 1. The number of hydrogen-bond donors (Lipinski definition) is 1. The van der Waals surface area contributed by atoms with Gasteiger partial charge in [-0.15, -0.1) is 0 Å². The first-order valence-corrected chi connectivity index (χ1v) is 7.36. The zero-order valence-corrected chi connectivity index (χ0v) is 13.4. The normalized spacial score (nSPS) is 11.7. The van der Waals surface area contributed by atoms with Gasteiger partial charge in [0.1, 0.15) is 0 Å². The molecule has 0 aromatic heterocycles. The fourth-order valence-electron chi connectivity index (χ4n) is 1.82. The molecule has 1 N–H and O–H groups in total. The quantitative estimate of drug-likeness (QED) is 0.484. The van der Waals surface area contributed by atoms with Crippen LogP contribution in [0.4, 0.5) is 11.4 Å². The molecule has 0 heterocycles. The van der Waals surface area contributed by atoms with E-state index in [2.05, 4.69) is 27.9 Å². The summed E-state index contributed by atoms with van der Waals surface area (Å²) in [7, 11) is 0. The van der Waals surface area contributed by atoms with Gasteiger partial charge >= 0.3 is 0 Å². The second-order valence-electron chi connectivity index (χ2n) is 4.57. The van der Waals surface area contributed by atoms with E-state index in [1.807, 2.05) is 24.3 Å². The van der Waals surface area contributed by atoms with Gasteiger partial charge in [0.2, 0.25) is 5.91 Å². The van der Waals surface area contributed by atoms with Crippen molar-refractivity contribution < 1.29 is 9.72 Å². The van der Waals surface area contributed by atoms with Gasteiger partial charge in [-0.3, -0.25) is 14.9 Å². The summed E-state index contributed by atoms with van der Waals surface area (Å²) in [5.74, 6) is -0.532. The van der Waals surface area contributed by atoms with Gasteiger partial charge < -0.3 is 5.32 Å². The number of halogens is 1. The van der Waals surface area contributed by atoms with E-state index >= 15 is 0 Å². The van der Waals surface area contributed by atoms with Crippen LogP contribution in [0.3, 0.4) is 0 Å². The third kappa shape index (κ3) is 4.01. The van der Waals surface area contributed by atoms with Crippen molar-refractivity contribution in [1.29, 1.82) is 0 Å². The molecule has 21 heavy (non-hydrogen) atoms. The topological polar surface area (TPSA) is 72.2 Å². The Morgan fingerprint density at radius 1 is 1.14 bits per heavy atom. The van der Waals surface area contributed by atoms with Crippen LogP contribution in [0.5, 0.6) is 0 Å². The standard InChI is InChI=1S/C15H13IN2O3/c1-10(11-2-8-14(9-3-11)18(20)21)15(19)17-13-6-4-12(16)5-7-13/h2-10H,1H3,(H,17,19). The highest BCUT2D eigenvalue weighted by Crippen LogP contribution is 2.21. The Hall–Kier alpha value is -1.96. The van der Waals surface area contributed by atoms with Crippen LogP contribution in [0, 0.1) is 13.7 Å². The van der Waals surface area contributed by atoms with Crippen LogP contribution in [0.15, 0.2) is 48.5 Å². The minimum atomic E-state index is -0.458. The summed E-state index contributed by atoms with van der Waals surface area (Å²) < 4.78 is 1.09. The van der Waals surface area contributed by atoms with Gasteiger partial charge in [-0.05, 0) is 59.3 Å². The number of non-ortho nitro benzene ring substituents is 1. The van der Waals surface area contributed by atoms with Crippen LogP contribution in [-0.2, 0) is 4.79 Å². The molecule has 1 unspecified atom stereocenters. The fraction of sp³-hybridized carbons (Fsp3) is 0.133. The smallest absolute Gasteiger partial charge is 0.269 e. The van der Waals surface area contributed by atoms with Gasteiger partial charge in [0.05, 0.1) is 10.8 Å². The summed E-state index contributed by atoms with van der Waals surface area (Å²) in [4.78, 5) is 22.3. The first-order valence-electron chi connectivity index (χ1n) is 6.28. The Balaban J connectivity index is 2.08. The number of amides is 1. The van der Waals surface area contributed by atoms with Crippen LogP contribution < -0.4 is 5.32 Å². The maximum atomic E-state index is 12.2. The number of benzene rings is 2. The van der Waals surface area contributed by atoms with E-state index < -0.39 is 4.92 Å². The molecule has 0 aliphatic rings. The summed E-state index contributed by atoms with van der Waals surface area (Å²) in [6.07, 6.45) is 0. The minimum Gasteiger partial charge on any atom is -0.326 e. The molecule has 0 bridgehead atoms. The largest absolute Gasteiger partial charge is 0.326 e. The lowest BCUT2D eigenvalue weighted by atomic mass is 10.00. The number of nitro benzene ring substituents is 1. The average molecular weight is 396 g/mol. The highest BCUT2D eigenvalue weighted by atomic mass is 127. The highest BCUT2D eigenvalue weighted by Gasteiger charge is 2.16. The van der Waals surface area contributed by atoms with Gasteiger partial charge in [-0.25, -0.2) is 0 Å². The number of nitrogens with one attached hydrogen (secondary N) is 1. The Morgan fingerprint density at radius 2 is 1.71 bits per heavy atom. The molecule has 1 atom stereocenters. The van der Waals surface area contributed by atoms with Crippen LogP contribution in [-0.4, -0.2) is 10.8 Å². The monoisotopic (exact) mass is 396 g/mol. The number of carbonyl (C=O) groups excluding carboxylic acids is 1. The highest BCUT2D eigenvalue weighted by molar-refractivity contribution is 14.1. The van der Waals surface area contributed by atoms with E-state index in [4.69, 9.17) is 0 Å². The summed E-state index contributed by atoms with van der Waals surface area (Å²) >= 11 is 2.19. The summed E-state index contributed by atoms with van der Waals surface area (Å²) in [6.45, 7) is 1.77. The Morgan fingerprint density at radius 3 is 2.24 bits per heavy atom. The molecule has 0 aliphatic carbocycles. The van der Waals surface area contributed by atoms with Gasteiger partial charge in [-0.1, -0.05) is 12.1 Å². The predicted molar refractivity (Wildman–Crippen MR) is 89.3 cm³/mol. The van der Waals surface area contributed by atoms with Crippen molar-refractivity contribution in [3.8, 4) is 0 Å². The zero-order chi connectivity index (χ0) is 15.4.